The van der Waals surface area contributed by atoms with E-state index in [0.29, 0.717) is 0 Å². The van der Waals surface area contributed by atoms with Gasteiger partial charge in [-0.25, -0.2) is 9.97 Å². The first-order valence-electron chi connectivity index (χ1n) is 11.8. The molecule has 0 radical (unpaired) electrons. The summed E-state index contributed by atoms with van der Waals surface area (Å²) in [6.07, 6.45) is 7.30. The summed E-state index contributed by atoms with van der Waals surface area (Å²) in [7, 11) is 0. The minimum absolute atomic E-state index is 0. The smallest absolute Gasteiger partial charge is 0.316 e. The molecule has 0 atom stereocenters. The maximum Gasteiger partial charge on any atom is 2.00 e. The molecule has 0 aliphatic rings. The Morgan fingerprint density at radius 2 is 1.62 bits per heavy atom. The first kappa shape index (κ1) is 24.7. The number of fused-ring (bicyclic) bond motifs is 8. The molecule has 7 rings (SSSR count). The van der Waals surface area contributed by atoms with Gasteiger partial charge in [-0.1, -0.05) is 36.8 Å². The molecule has 0 spiro atoms. The SMILES string of the molecule is CC(C)c1ncc2c3ccc[c-]c3c3nc4ccncc4n3c2n1.[Pt+2].[c-]1ccccc1-c1ccccn1. The topological polar surface area (TPSA) is 68.9 Å². The van der Waals surface area contributed by atoms with Gasteiger partial charge in [0.25, 0.3) is 0 Å². The fourth-order valence-corrected chi connectivity index (χ4v) is 4.25. The van der Waals surface area contributed by atoms with Crippen LogP contribution in [0.25, 0.3) is 49.7 Å². The molecule has 0 N–H and O–H groups in total. The van der Waals surface area contributed by atoms with Crippen molar-refractivity contribution in [2.45, 2.75) is 19.8 Å². The summed E-state index contributed by atoms with van der Waals surface area (Å²) in [4.78, 5) is 22.7. The predicted octanol–water partition coefficient (Wildman–Crippen LogP) is 6.45. The van der Waals surface area contributed by atoms with Crippen molar-refractivity contribution < 1.29 is 21.1 Å². The second-order valence-corrected chi connectivity index (χ2v) is 8.71. The van der Waals surface area contributed by atoms with Gasteiger partial charge in [-0.15, -0.1) is 60.2 Å². The molecule has 2 aromatic carbocycles. The molecule has 182 valence electrons. The molecule has 0 aliphatic carbocycles. The van der Waals surface area contributed by atoms with Gasteiger partial charge in [0, 0.05) is 29.9 Å². The van der Waals surface area contributed by atoms with E-state index in [1.54, 1.807) is 12.4 Å². The van der Waals surface area contributed by atoms with E-state index in [1.165, 1.54) is 0 Å². The molecule has 6 nitrogen and oxygen atoms in total. The maximum absolute atomic E-state index is 4.85. The van der Waals surface area contributed by atoms with E-state index in [0.717, 1.165) is 55.6 Å². The second-order valence-electron chi connectivity index (χ2n) is 8.71. The van der Waals surface area contributed by atoms with Crippen LogP contribution in [0.15, 0.2) is 91.5 Å². The van der Waals surface area contributed by atoms with Crippen LogP contribution in [-0.4, -0.2) is 29.3 Å². The van der Waals surface area contributed by atoms with E-state index in [-0.39, 0.29) is 27.0 Å². The Balaban J connectivity index is 0.000000183. The first-order valence-corrected chi connectivity index (χ1v) is 11.8. The van der Waals surface area contributed by atoms with E-state index in [2.05, 4.69) is 51.4 Å². The maximum atomic E-state index is 4.85. The summed E-state index contributed by atoms with van der Waals surface area (Å²) in [6.45, 7) is 4.20. The fourth-order valence-electron chi connectivity index (χ4n) is 4.25. The third kappa shape index (κ3) is 4.61. The molecule has 0 unspecified atom stereocenters. The van der Waals surface area contributed by atoms with E-state index in [1.807, 2.05) is 73.1 Å². The van der Waals surface area contributed by atoms with Crippen molar-refractivity contribution in [1.29, 1.82) is 0 Å². The quantitative estimate of drug-likeness (QED) is 0.158. The summed E-state index contributed by atoms with van der Waals surface area (Å²) >= 11 is 0. The van der Waals surface area contributed by atoms with E-state index >= 15 is 0 Å². The molecule has 7 aromatic rings. The third-order valence-corrected chi connectivity index (χ3v) is 5.99. The second kappa shape index (κ2) is 10.5. The van der Waals surface area contributed by atoms with Gasteiger partial charge in [-0.05, 0) is 17.8 Å². The summed E-state index contributed by atoms with van der Waals surface area (Å²) in [5, 5.41) is 3.04. The average Bonchev–Trinajstić information content (AvgIpc) is 3.34. The van der Waals surface area contributed by atoms with Crippen molar-refractivity contribution in [3.63, 3.8) is 0 Å². The van der Waals surface area contributed by atoms with Gasteiger partial charge in [0.1, 0.15) is 11.5 Å². The van der Waals surface area contributed by atoms with Crippen LogP contribution in [0.5, 0.6) is 0 Å². The Bertz CT molecular complexity index is 1780. The number of benzene rings is 2. The normalized spacial score (nSPS) is 11.0. The molecule has 0 aliphatic heterocycles. The van der Waals surface area contributed by atoms with Crippen LogP contribution >= 0.6 is 0 Å². The van der Waals surface area contributed by atoms with Crippen LogP contribution in [0.2, 0.25) is 0 Å². The van der Waals surface area contributed by atoms with E-state index in [4.69, 9.17) is 9.97 Å². The summed E-state index contributed by atoms with van der Waals surface area (Å²) in [5.41, 5.74) is 5.59. The van der Waals surface area contributed by atoms with Gasteiger partial charge in [0.2, 0.25) is 0 Å². The number of hydrogen-bond donors (Lipinski definition) is 0. The van der Waals surface area contributed by atoms with Crippen molar-refractivity contribution in [1.82, 2.24) is 29.3 Å². The van der Waals surface area contributed by atoms with Gasteiger partial charge in [0.15, 0.2) is 0 Å². The zero-order valence-corrected chi connectivity index (χ0v) is 22.5. The Morgan fingerprint density at radius 1 is 0.757 bits per heavy atom. The molecule has 0 bridgehead atoms. The van der Waals surface area contributed by atoms with Gasteiger partial charge >= 0.3 is 21.1 Å². The molecular formula is C30H22N6Pt. The van der Waals surface area contributed by atoms with Crippen LogP contribution in [0.1, 0.15) is 25.6 Å². The average molecular weight is 662 g/mol. The monoisotopic (exact) mass is 661 g/mol. The van der Waals surface area contributed by atoms with Gasteiger partial charge in [0.05, 0.1) is 22.9 Å². The van der Waals surface area contributed by atoms with Crippen LogP contribution in [0.3, 0.4) is 0 Å². The van der Waals surface area contributed by atoms with Crippen molar-refractivity contribution in [2.24, 2.45) is 0 Å². The van der Waals surface area contributed by atoms with E-state index < -0.39 is 0 Å². The number of hydrogen-bond acceptors (Lipinski definition) is 5. The minimum Gasteiger partial charge on any atom is -0.316 e. The molecule has 37 heavy (non-hydrogen) atoms. The van der Waals surface area contributed by atoms with Crippen LogP contribution < -0.4 is 0 Å². The zero-order valence-electron chi connectivity index (χ0n) is 20.2. The largest absolute Gasteiger partial charge is 2.00 e. The Kier molecular flexibility index (Phi) is 7.02. The summed E-state index contributed by atoms with van der Waals surface area (Å²) in [5.74, 6) is 1.09. The standard InChI is InChI=1S/C19H14N5.C11H8N.Pt/c1-11(2)17-21-9-14-12-5-3-4-6-13(12)18-22-15-7-8-20-10-16(15)24(18)19(14)23-17;1-2-6-10(7-3-1)11-8-4-5-9-12-11;/h3-5,7-11H,1-2H3;1-6,8-9H;/q2*-1;+2. The number of aromatic nitrogens is 6. The predicted molar refractivity (Wildman–Crippen MR) is 143 cm³/mol. The number of pyridine rings is 3. The Hall–Kier alpha value is -4.02. The molecule has 7 heteroatoms. The van der Waals surface area contributed by atoms with Crippen LogP contribution in [0.4, 0.5) is 0 Å². The van der Waals surface area contributed by atoms with E-state index in [9.17, 15) is 0 Å². The van der Waals surface area contributed by atoms with Crippen molar-refractivity contribution >= 4 is 38.5 Å². The third-order valence-electron chi connectivity index (χ3n) is 5.99. The Morgan fingerprint density at radius 3 is 2.41 bits per heavy atom. The fraction of sp³-hybridized carbons (Fsp3) is 0.100. The molecule has 0 amide bonds. The van der Waals surface area contributed by atoms with Gasteiger partial charge < -0.3 is 9.38 Å². The zero-order chi connectivity index (χ0) is 24.5. The van der Waals surface area contributed by atoms with Crippen molar-refractivity contribution in [2.75, 3.05) is 0 Å². The Labute approximate surface area is 228 Å². The molecule has 5 aromatic heterocycles. The summed E-state index contributed by atoms with van der Waals surface area (Å²) in [6, 6.07) is 28.0. The molecule has 0 saturated carbocycles. The van der Waals surface area contributed by atoms with Crippen LogP contribution in [-0.2, 0) is 21.1 Å². The molecular weight excluding hydrogens is 639 g/mol. The molecule has 0 fully saturated rings. The number of nitrogens with zero attached hydrogens (tertiary/aromatic N) is 6. The van der Waals surface area contributed by atoms with Gasteiger partial charge in [-0.3, -0.25) is 9.97 Å². The first-order chi connectivity index (χ1) is 17.7. The van der Waals surface area contributed by atoms with Crippen LogP contribution in [0, 0.1) is 12.1 Å². The summed E-state index contributed by atoms with van der Waals surface area (Å²) < 4.78 is 2.07. The number of rotatable bonds is 2. The minimum atomic E-state index is 0. The van der Waals surface area contributed by atoms with Gasteiger partial charge in [-0.2, -0.15) is 0 Å². The van der Waals surface area contributed by atoms with Crippen molar-refractivity contribution in [3.8, 4) is 11.3 Å². The molecule has 0 saturated heterocycles. The van der Waals surface area contributed by atoms with Crippen molar-refractivity contribution in [3.05, 3.63) is 109 Å². The molecule has 5 heterocycles. The number of imidazole rings is 1.